The van der Waals surface area contributed by atoms with Crippen molar-refractivity contribution in [1.29, 1.82) is 0 Å². The minimum absolute atomic E-state index is 0.00319. The third kappa shape index (κ3) is 3.91. The molecular formula is C13H15NO3. The largest absolute Gasteiger partial charge is 0.388 e. The van der Waals surface area contributed by atoms with Crippen molar-refractivity contribution in [3.05, 3.63) is 35.4 Å². The zero-order chi connectivity index (χ0) is 12.8. The first-order chi connectivity index (χ1) is 8.04. The molecule has 0 aliphatic heterocycles. The molecule has 0 spiro atoms. The molecule has 0 heterocycles. The highest BCUT2D eigenvalue weighted by Crippen LogP contribution is 2.17. The zero-order valence-corrected chi connectivity index (χ0v) is 9.55. The van der Waals surface area contributed by atoms with Crippen LogP contribution < -0.4 is 5.32 Å². The first kappa shape index (κ1) is 13.2. The monoisotopic (exact) mass is 233 g/mol. The molecule has 17 heavy (non-hydrogen) atoms. The minimum Gasteiger partial charge on any atom is -0.388 e. The normalized spacial score (nSPS) is 13.5. The topological polar surface area (TPSA) is 69.6 Å². The van der Waals surface area contributed by atoms with Gasteiger partial charge in [-0.15, -0.1) is 6.42 Å². The Labute approximate surface area is 100 Å². The summed E-state index contributed by atoms with van der Waals surface area (Å²) in [6, 6.07) is 6.74. The van der Waals surface area contributed by atoms with Gasteiger partial charge in [-0.05, 0) is 17.7 Å². The predicted octanol–water partition coefficient (Wildman–Crippen LogP) is 0.198. The van der Waals surface area contributed by atoms with Gasteiger partial charge in [0.15, 0.2) is 0 Å². The van der Waals surface area contributed by atoms with Crippen LogP contribution >= 0.6 is 0 Å². The molecule has 1 amide bonds. The number of carbonyl (C=O) groups excluding carboxylic acids is 1. The van der Waals surface area contributed by atoms with Crippen LogP contribution in [0.3, 0.4) is 0 Å². The average molecular weight is 233 g/mol. The minimum atomic E-state index is -1.07. The smallest absolute Gasteiger partial charge is 0.216 e. The Balaban J connectivity index is 2.71. The van der Waals surface area contributed by atoms with Gasteiger partial charge in [0.25, 0.3) is 0 Å². The summed E-state index contributed by atoms with van der Waals surface area (Å²) in [6.45, 7) is 1.34. The predicted molar refractivity (Wildman–Crippen MR) is 64.0 cm³/mol. The number of hydrogen-bond acceptors (Lipinski definition) is 3. The third-order valence-electron chi connectivity index (χ3n) is 2.32. The first-order valence-corrected chi connectivity index (χ1v) is 5.21. The van der Waals surface area contributed by atoms with E-state index in [0.29, 0.717) is 11.1 Å². The van der Waals surface area contributed by atoms with E-state index < -0.39 is 12.2 Å². The molecular weight excluding hydrogens is 218 g/mol. The summed E-state index contributed by atoms with van der Waals surface area (Å²) in [4.78, 5) is 10.7. The van der Waals surface area contributed by atoms with Gasteiger partial charge in [0.1, 0.15) is 12.2 Å². The lowest BCUT2D eigenvalue weighted by molar-refractivity contribution is -0.119. The molecule has 4 nitrogen and oxygen atoms in total. The Kier molecular flexibility index (Phi) is 4.70. The summed E-state index contributed by atoms with van der Waals surface area (Å²) >= 11 is 0. The molecule has 2 atom stereocenters. The van der Waals surface area contributed by atoms with E-state index >= 15 is 0 Å². The van der Waals surface area contributed by atoms with Crippen LogP contribution in [0, 0.1) is 12.3 Å². The molecule has 0 aliphatic carbocycles. The summed E-state index contributed by atoms with van der Waals surface area (Å²) < 4.78 is 0. The van der Waals surface area contributed by atoms with Gasteiger partial charge < -0.3 is 15.5 Å². The number of terminal acetylenes is 1. The van der Waals surface area contributed by atoms with Crippen molar-refractivity contribution >= 4 is 5.91 Å². The van der Waals surface area contributed by atoms with E-state index in [-0.39, 0.29) is 12.5 Å². The molecule has 2 unspecified atom stereocenters. The zero-order valence-electron chi connectivity index (χ0n) is 9.55. The van der Waals surface area contributed by atoms with Gasteiger partial charge in [-0.2, -0.15) is 0 Å². The number of hydrogen-bond donors (Lipinski definition) is 3. The standard InChI is InChI=1S/C13H15NO3/c1-3-10-5-4-6-11(7-10)13(17)12(16)8-14-9(2)15/h1,4-7,12-13,16-17H,8H2,2H3,(H,14,15). The van der Waals surface area contributed by atoms with Crippen molar-refractivity contribution < 1.29 is 15.0 Å². The Morgan fingerprint density at radius 2 is 2.24 bits per heavy atom. The highest BCUT2D eigenvalue weighted by Gasteiger charge is 2.18. The summed E-state index contributed by atoms with van der Waals surface area (Å²) in [6.07, 6.45) is 3.11. The van der Waals surface area contributed by atoms with Crippen LogP contribution in [0.1, 0.15) is 24.2 Å². The summed E-state index contributed by atoms with van der Waals surface area (Å²) in [5.74, 6) is 2.19. The van der Waals surface area contributed by atoms with Crippen LogP contribution in [0.4, 0.5) is 0 Å². The van der Waals surface area contributed by atoms with Crippen molar-refractivity contribution in [2.24, 2.45) is 0 Å². The fourth-order valence-corrected chi connectivity index (χ4v) is 1.39. The van der Waals surface area contributed by atoms with E-state index in [9.17, 15) is 15.0 Å². The van der Waals surface area contributed by atoms with Crippen molar-refractivity contribution in [2.45, 2.75) is 19.1 Å². The quantitative estimate of drug-likeness (QED) is 0.651. The van der Waals surface area contributed by atoms with Crippen molar-refractivity contribution in [2.75, 3.05) is 6.54 Å². The first-order valence-electron chi connectivity index (χ1n) is 5.21. The van der Waals surface area contributed by atoms with E-state index in [4.69, 9.17) is 6.42 Å². The van der Waals surface area contributed by atoms with Gasteiger partial charge in [-0.25, -0.2) is 0 Å². The number of benzene rings is 1. The van der Waals surface area contributed by atoms with Crippen LogP contribution in [0.25, 0.3) is 0 Å². The van der Waals surface area contributed by atoms with Gasteiger partial charge in [-0.3, -0.25) is 4.79 Å². The van der Waals surface area contributed by atoms with Gasteiger partial charge >= 0.3 is 0 Å². The number of rotatable bonds is 4. The molecule has 0 fully saturated rings. The molecule has 0 aliphatic rings. The second kappa shape index (κ2) is 6.04. The van der Waals surface area contributed by atoms with E-state index in [0.717, 1.165) is 0 Å². The van der Waals surface area contributed by atoms with Gasteiger partial charge in [0, 0.05) is 19.0 Å². The van der Waals surface area contributed by atoms with Gasteiger partial charge in [-0.1, -0.05) is 18.1 Å². The lowest BCUT2D eigenvalue weighted by atomic mass is 10.0. The average Bonchev–Trinajstić information content (AvgIpc) is 2.35. The molecule has 0 saturated heterocycles. The van der Waals surface area contributed by atoms with Gasteiger partial charge in [0.05, 0.1) is 0 Å². The number of aliphatic hydroxyl groups is 2. The third-order valence-corrected chi connectivity index (χ3v) is 2.32. The van der Waals surface area contributed by atoms with E-state index in [1.54, 1.807) is 24.3 Å². The van der Waals surface area contributed by atoms with E-state index in [2.05, 4.69) is 11.2 Å². The number of nitrogens with one attached hydrogen (secondary N) is 1. The Morgan fingerprint density at radius 3 is 2.82 bits per heavy atom. The summed E-state index contributed by atoms with van der Waals surface area (Å²) in [5, 5.41) is 22.0. The fourth-order valence-electron chi connectivity index (χ4n) is 1.39. The Morgan fingerprint density at radius 1 is 1.53 bits per heavy atom. The molecule has 0 aromatic heterocycles. The maximum atomic E-state index is 10.7. The molecule has 4 heteroatoms. The molecule has 0 bridgehead atoms. The lowest BCUT2D eigenvalue weighted by Crippen LogP contribution is -2.34. The van der Waals surface area contributed by atoms with Crippen LogP contribution in [-0.4, -0.2) is 28.8 Å². The summed E-state index contributed by atoms with van der Waals surface area (Å²) in [5.41, 5.74) is 1.16. The van der Waals surface area contributed by atoms with Crippen LogP contribution in [-0.2, 0) is 4.79 Å². The van der Waals surface area contributed by atoms with Crippen LogP contribution in [0.2, 0.25) is 0 Å². The van der Waals surface area contributed by atoms with Gasteiger partial charge in [0.2, 0.25) is 5.91 Å². The molecule has 0 saturated carbocycles. The maximum Gasteiger partial charge on any atom is 0.216 e. The molecule has 3 N–H and O–H groups in total. The molecule has 90 valence electrons. The summed E-state index contributed by atoms with van der Waals surface area (Å²) in [7, 11) is 0. The molecule has 1 rings (SSSR count). The van der Waals surface area contributed by atoms with E-state index in [1.165, 1.54) is 6.92 Å². The number of carbonyl (C=O) groups is 1. The SMILES string of the molecule is C#Cc1cccc(C(O)C(O)CNC(C)=O)c1. The maximum absolute atomic E-state index is 10.7. The molecule has 0 radical (unpaired) electrons. The Hall–Kier alpha value is -1.83. The van der Waals surface area contributed by atoms with Crippen LogP contribution in [0.15, 0.2) is 24.3 Å². The molecule has 1 aromatic carbocycles. The van der Waals surface area contributed by atoms with Crippen molar-refractivity contribution in [3.8, 4) is 12.3 Å². The second-order valence-electron chi connectivity index (χ2n) is 3.72. The van der Waals surface area contributed by atoms with E-state index in [1.807, 2.05) is 0 Å². The number of aliphatic hydroxyl groups excluding tert-OH is 2. The number of amides is 1. The lowest BCUT2D eigenvalue weighted by Gasteiger charge is -2.18. The second-order valence-corrected chi connectivity index (χ2v) is 3.72. The van der Waals surface area contributed by atoms with Crippen LogP contribution in [0.5, 0.6) is 0 Å². The Bertz CT molecular complexity index is 437. The highest BCUT2D eigenvalue weighted by molar-refractivity contribution is 5.72. The van der Waals surface area contributed by atoms with Crippen molar-refractivity contribution in [1.82, 2.24) is 5.32 Å². The molecule has 1 aromatic rings. The fraction of sp³-hybridized carbons (Fsp3) is 0.308. The van der Waals surface area contributed by atoms with Crippen molar-refractivity contribution in [3.63, 3.8) is 0 Å². The highest BCUT2D eigenvalue weighted by atomic mass is 16.3.